The van der Waals surface area contributed by atoms with E-state index >= 15 is 0 Å². The summed E-state index contributed by atoms with van der Waals surface area (Å²) in [4.78, 5) is 0. The molecule has 0 fully saturated rings. The van der Waals surface area contributed by atoms with Gasteiger partial charge in [0.25, 0.3) is 0 Å². The fourth-order valence-corrected chi connectivity index (χ4v) is 2.38. The van der Waals surface area contributed by atoms with Crippen LogP contribution in [0.15, 0.2) is 24.8 Å². The molecule has 6 heteroatoms. The summed E-state index contributed by atoms with van der Waals surface area (Å²) in [5.74, 6) is 1.10. The van der Waals surface area contributed by atoms with Crippen molar-refractivity contribution in [3.63, 3.8) is 0 Å². The van der Waals surface area contributed by atoms with Gasteiger partial charge in [0.1, 0.15) is 11.5 Å². The second kappa shape index (κ2) is 9.89. The van der Waals surface area contributed by atoms with Crippen molar-refractivity contribution < 1.29 is 31.3 Å². The molecule has 0 saturated heterocycles. The maximum absolute atomic E-state index is 9.89. The van der Waals surface area contributed by atoms with E-state index in [-0.39, 0.29) is 46.5 Å². The third-order valence-corrected chi connectivity index (χ3v) is 2.93. The maximum Gasteiger partial charge on any atom is 0.242 e. The van der Waals surface area contributed by atoms with E-state index in [9.17, 15) is 5.11 Å². The van der Waals surface area contributed by atoms with Crippen molar-refractivity contribution in [2.75, 3.05) is 0 Å². The van der Waals surface area contributed by atoms with E-state index in [1.54, 1.807) is 12.1 Å². The zero-order valence-electron chi connectivity index (χ0n) is 11.8. The molecule has 0 aliphatic rings. The minimum absolute atomic E-state index is 0. The molecule has 0 bridgehead atoms. The van der Waals surface area contributed by atoms with Crippen LogP contribution in [-0.4, -0.2) is 13.4 Å². The molecule has 19 heavy (non-hydrogen) atoms. The van der Waals surface area contributed by atoms with Crippen LogP contribution in [0.4, 0.5) is 0 Å². The first-order valence-corrected chi connectivity index (χ1v) is 8.86. The van der Waals surface area contributed by atoms with E-state index in [0.29, 0.717) is 12.2 Å². The van der Waals surface area contributed by atoms with Crippen molar-refractivity contribution in [3.05, 3.63) is 35.9 Å². The fraction of sp³-hybridized carbons (Fsp3) is 0.385. The molecule has 0 amide bonds. The largest absolute Gasteiger partial charge is 0.544 e. The minimum Gasteiger partial charge on any atom is -0.544 e. The number of hydrogen-bond donors (Lipinski definition) is 1. The van der Waals surface area contributed by atoms with Crippen LogP contribution in [-0.2, 0) is 28.1 Å². The van der Waals surface area contributed by atoms with Gasteiger partial charge in [-0.2, -0.15) is 0 Å². The molecule has 108 valence electrons. The van der Waals surface area contributed by atoms with Crippen molar-refractivity contribution in [2.45, 2.75) is 33.0 Å². The summed E-state index contributed by atoms with van der Waals surface area (Å²) < 4.78 is 5.98. The number of phenolic OH excluding ortho intramolecular Hbond substituents is 1. The smallest absolute Gasteiger partial charge is 0.242 e. The number of aryl methyl sites for hydroxylation is 1. The Morgan fingerprint density at radius 3 is 2.21 bits per heavy atom. The predicted octanol–water partition coefficient (Wildman–Crippen LogP) is 4.48. The average molecular weight is 357 g/mol. The van der Waals surface area contributed by atoms with Crippen LogP contribution in [0.2, 0.25) is 19.6 Å². The Bertz CT molecular complexity index is 406. The van der Waals surface area contributed by atoms with Crippen molar-refractivity contribution in [1.29, 1.82) is 0 Å². The molecular weight excluding hydrogens is 335 g/mol. The van der Waals surface area contributed by atoms with Gasteiger partial charge in [-0.1, -0.05) is 6.08 Å². The first kappa shape index (κ1) is 24.1. The van der Waals surface area contributed by atoms with E-state index in [4.69, 9.17) is 4.43 Å². The third-order valence-electron chi connectivity index (χ3n) is 2.09. The molecule has 0 radical (unpaired) electrons. The number of benzene rings is 1. The summed E-state index contributed by atoms with van der Waals surface area (Å²) in [5, 5.41) is 9.89. The van der Waals surface area contributed by atoms with Crippen molar-refractivity contribution in [1.82, 2.24) is 0 Å². The molecule has 0 heterocycles. The number of aromatic hydroxyl groups is 1. The molecule has 0 aromatic heterocycles. The van der Waals surface area contributed by atoms with E-state index < -0.39 is 8.32 Å². The number of allylic oxidation sites excluding steroid dienone is 1. The Hall–Kier alpha value is 0.0712. The molecule has 1 rings (SSSR count). The Balaban J connectivity index is -0.000000853. The van der Waals surface area contributed by atoms with Gasteiger partial charge in [-0.3, -0.25) is 0 Å². The number of hydrogen-bond acceptors (Lipinski definition) is 2. The monoisotopic (exact) mass is 356 g/mol. The topological polar surface area (TPSA) is 29.5 Å². The zero-order valence-corrected chi connectivity index (χ0v) is 16.0. The fourth-order valence-electron chi connectivity index (χ4n) is 1.53. The van der Waals surface area contributed by atoms with Gasteiger partial charge in [0.15, 0.2) is 0 Å². The van der Waals surface area contributed by atoms with Gasteiger partial charge in [0.2, 0.25) is 8.32 Å². The quantitative estimate of drug-likeness (QED) is 0.636. The van der Waals surface area contributed by atoms with E-state index in [1.165, 1.54) is 0 Å². The average Bonchev–Trinajstić information content (AvgIpc) is 2.08. The maximum atomic E-state index is 9.89. The first-order chi connectivity index (χ1) is 7.33. The van der Waals surface area contributed by atoms with Crippen molar-refractivity contribution >= 4 is 33.1 Å². The molecular formula is C13H22Cl2O2SiTi. The van der Waals surface area contributed by atoms with Gasteiger partial charge in [0, 0.05) is 27.3 Å². The third kappa shape index (κ3) is 8.06. The Morgan fingerprint density at radius 1 is 1.26 bits per heavy atom. The van der Waals surface area contributed by atoms with E-state index in [0.717, 1.165) is 16.9 Å². The second-order valence-corrected chi connectivity index (χ2v) is 9.40. The van der Waals surface area contributed by atoms with Crippen LogP contribution in [0.3, 0.4) is 0 Å². The molecule has 1 N–H and O–H groups in total. The number of rotatable bonds is 4. The summed E-state index contributed by atoms with van der Waals surface area (Å²) in [5.41, 5.74) is 1.85. The number of phenols is 1. The van der Waals surface area contributed by atoms with E-state index in [1.807, 2.05) is 13.0 Å². The molecule has 0 atom stereocenters. The van der Waals surface area contributed by atoms with Crippen molar-refractivity contribution in [3.8, 4) is 11.5 Å². The van der Waals surface area contributed by atoms with Gasteiger partial charge >= 0.3 is 0 Å². The van der Waals surface area contributed by atoms with Gasteiger partial charge in [0.05, 0.1) is 0 Å². The summed E-state index contributed by atoms with van der Waals surface area (Å²) in [7, 11) is -1.65. The van der Waals surface area contributed by atoms with Crippen LogP contribution in [0.5, 0.6) is 11.5 Å². The molecule has 0 aliphatic carbocycles. The van der Waals surface area contributed by atoms with Crippen LogP contribution in [0.1, 0.15) is 11.1 Å². The van der Waals surface area contributed by atoms with Gasteiger partial charge in [-0.15, -0.1) is 31.4 Å². The van der Waals surface area contributed by atoms with E-state index in [2.05, 4.69) is 26.2 Å². The second-order valence-electron chi connectivity index (χ2n) is 4.97. The van der Waals surface area contributed by atoms with Gasteiger partial charge < -0.3 is 9.53 Å². The normalized spacial score (nSPS) is 9.47. The Morgan fingerprint density at radius 2 is 1.79 bits per heavy atom. The van der Waals surface area contributed by atoms with Crippen LogP contribution < -0.4 is 4.43 Å². The summed E-state index contributed by atoms with van der Waals surface area (Å²) in [6.45, 7) is 12.0. The first-order valence-electron chi connectivity index (χ1n) is 5.46. The predicted molar refractivity (Wildman–Crippen MR) is 85.2 cm³/mol. The van der Waals surface area contributed by atoms with Gasteiger partial charge in [-0.25, -0.2) is 0 Å². The summed E-state index contributed by atoms with van der Waals surface area (Å²) in [6, 6.07) is 3.74. The Kier molecular flexibility index (Phi) is 12.6. The van der Waals surface area contributed by atoms with Gasteiger partial charge in [-0.05, 0) is 50.7 Å². The van der Waals surface area contributed by atoms with Crippen LogP contribution in [0.25, 0.3) is 0 Å². The molecule has 1 aromatic rings. The number of halogens is 2. The molecule has 0 aliphatic heterocycles. The van der Waals surface area contributed by atoms with Crippen LogP contribution >= 0.6 is 24.8 Å². The molecule has 1 aromatic carbocycles. The molecule has 0 spiro atoms. The summed E-state index contributed by atoms with van der Waals surface area (Å²) >= 11 is 0. The molecule has 2 nitrogen and oxygen atoms in total. The molecule has 0 unspecified atom stereocenters. The van der Waals surface area contributed by atoms with Crippen LogP contribution in [0, 0.1) is 6.92 Å². The zero-order chi connectivity index (χ0) is 12.3. The standard InChI is InChI=1S/C13H20O2Si.2ClH.Ti/c1-6-7-11-12(14)8-10(2)9-13(11)15-16(3,4)5;;;/h6,8-9,14H,1,7H2,2-5H3;2*1H;. The van der Waals surface area contributed by atoms with Crippen molar-refractivity contribution in [2.24, 2.45) is 0 Å². The minimum atomic E-state index is -1.65. The SMILES string of the molecule is C=CCc1c(O)cc(C)cc1O[Si](C)(C)C.Cl.Cl.[Ti]. The summed E-state index contributed by atoms with van der Waals surface area (Å²) in [6.07, 6.45) is 2.41. The Labute approximate surface area is 144 Å². The molecule has 0 saturated carbocycles.